The molecule has 1 aromatic heterocycles. The van der Waals surface area contributed by atoms with Gasteiger partial charge in [0, 0.05) is 13.0 Å². The highest BCUT2D eigenvalue weighted by Crippen LogP contribution is 2.38. The van der Waals surface area contributed by atoms with Crippen molar-refractivity contribution in [3.8, 4) is 0 Å². The number of aromatic amines is 1. The third kappa shape index (κ3) is 3.50. The molecule has 1 aliphatic carbocycles. The molecule has 22 heavy (non-hydrogen) atoms. The minimum absolute atomic E-state index is 0.0588. The molecule has 2 aromatic rings. The molecule has 6 heteroatoms. The maximum absolute atomic E-state index is 12.3. The topological polar surface area (TPSA) is 61.9 Å². The Morgan fingerprint density at radius 1 is 1.41 bits per heavy atom. The van der Waals surface area contributed by atoms with E-state index in [1.165, 1.54) is 24.6 Å². The van der Waals surface area contributed by atoms with Crippen LogP contribution >= 0.6 is 11.8 Å². The Kier molecular flexibility index (Phi) is 4.47. The highest BCUT2D eigenvalue weighted by molar-refractivity contribution is 7.99. The number of benzene rings is 1. The van der Waals surface area contributed by atoms with Gasteiger partial charge in [-0.1, -0.05) is 42.1 Å². The fourth-order valence-corrected chi connectivity index (χ4v) is 2.99. The van der Waals surface area contributed by atoms with Crippen molar-refractivity contribution in [2.45, 2.75) is 36.9 Å². The quantitative estimate of drug-likeness (QED) is 0.832. The predicted molar refractivity (Wildman–Crippen MR) is 86.7 cm³/mol. The Hall–Kier alpha value is -1.82. The largest absolute Gasteiger partial charge is 0.338 e. The second-order valence-corrected chi connectivity index (χ2v) is 6.60. The van der Waals surface area contributed by atoms with Gasteiger partial charge in [0.2, 0.25) is 11.1 Å². The molecule has 0 saturated heterocycles. The van der Waals surface area contributed by atoms with Crippen molar-refractivity contribution in [3.63, 3.8) is 0 Å². The number of amides is 1. The first-order valence-electron chi connectivity index (χ1n) is 7.51. The van der Waals surface area contributed by atoms with Crippen LogP contribution in [0.4, 0.5) is 0 Å². The number of nitrogens with zero attached hydrogens (tertiary/aromatic N) is 3. The Bertz CT molecular complexity index is 639. The fraction of sp³-hybridized carbons (Fsp3) is 0.438. The summed E-state index contributed by atoms with van der Waals surface area (Å²) in [5, 5.41) is 7.79. The summed E-state index contributed by atoms with van der Waals surface area (Å²) in [5.41, 5.74) is 1.14. The summed E-state index contributed by atoms with van der Waals surface area (Å²) in [6.07, 6.45) is 2.38. The van der Waals surface area contributed by atoms with Crippen molar-refractivity contribution < 1.29 is 4.79 Å². The Balaban J connectivity index is 1.54. The van der Waals surface area contributed by atoms with Crippen LogP contribution in [0.25, 0.3) is 0 Å². The van der Waals surface area contributed by atoms with Crippen molar-refractivity contribution in [2.24, 2.45) is 0 Å². The van der Waals surface area contributed by atoms with Gasteiger partial charge in [-0.15, -0.1) is 5.10 Å². The van der Waals surface area contributed by atoms with Gasteiger partial charge in [0.15, 0.2) is 0 Å². The zero-order valence-electron chi connectivity index (χ0n) is 12.8. The maximum Gasteiger partial charge on any atom is 0.233 e. The lowest BCUT2D eigenvalue weighted by Crippen LogP contribution is -2.31. The summed E-state index contributed by atoms with van der Waals surface area (Å²) in [7, 11) is 1.84. The highest BCUT2D eigenvalue weighted by Gasteiger charge is 2.27. The van der Waals surface area contributed by atoms with E-state index in [1.807, 2.05) is 44.3 Å². The minimum atomic E-state index is 0.0588. The van der Waals surface area contributed by atoms with Crippen LogP contribution in [0.15, 0.2) is 35.5 Å². The van der Waals surface area contributed by atoms with E-state index in [0.29, 0.717) is 16.8 Å². The number of rotatable bonds is 6. The second kappa shape index (κ2) is 6.52. The van der Waals surface area contributed by atoms with E-state index in [1.54, 1.807) is 4.90 Å². The first-order chi connectivity index (χ1) is 10.6. The zero-order chi connectivity index (χ0) is 15.5. The molecule has 3 rings (SSSR count). The Labute approximate surface area is 134 Å². The van der Waals surface area contributed by atoms with Crippen LogP contribution in [0, 0.1) is 0 Å². The van der Waals surface area contributed by atoms with Gasteiger partial charge in [-0.05, 0) is 25.3 Å². The van der Waals surface area contributed by atoms with Crippen LogP contribution in [0.1, 0.15) is 43.1 Å². The normalized spacial score (nSPS) is 15.5. The molecule has 1 aromatic carbocycles. The predicted octanol–water partition coefficient (Wildman–Crippen LogP) is 2.99. The molecule has 0 bridgehead atoms. The maximum atomic E-state index is 12.3. The van der Waals surface area contributed by atoms with Crippen LogP contribution in [0.5, 0.6) is 0 Å². The van der Waals surface area contributed by atoms with Gasteiger partial charge in [0.1, 0.15) is 5.82 Å². The van der Waals surface area contributed by atoms with Crippen LogP contribution in [0.3, 0.4) is 0 Å². The van der Waals surface area contributed by atoms with E-state index in [9.17, 15) is 4.79 Å². The molecule has 1 fully saturated rings. The molecule has 0 spiro atoms. The number of hydrogen-bond acceptors (Lipinski definition) is 4. The average Bonchev–Trinajstić information content (AvgIpc) is 3.30. The smallest absolute Gasteiger partial charge is 0.233 e. The van der Waals surface area contributed by atoms with E-state index < -0.39 is 0 Å². The van der Waals surface area contributed by atoms with E-state index in [4.69, 9.17) is 0 Å². The van der Waals surface area contributed by atoms with Crippen molar-refractivity contribution in [1.29, 1.82) is 0 Å². The van der Waals surface area contributed by atoms with Crippen molar-refractivity contribution in [1.82, 2.24) is 20.1 Å². The lowest BCUT2D eigenvalue weighted by atomic mass is 10.1. The molecule has 116 valence electrons. The number of nitrogens with one attached hydrogen (secondary N) is 1. The minimum Gasteiger partial charge on any atom is -0.338 e. The number of hydrogen-bond donors (Lipinski definition) is 1. The van der Waals surface area contributed by atoms with E-state index in [-0.39, 0.29) is 11.9 Å². The average molecular weight is 316 g/mol. The van der Waals surface area contributed by atoms with Gasteiger partial charge in [-0.3, -0.25) is 9.89 Å². The standard InChI is InChI=1S/C16H20N4OS/c1-11(12-6-4-3-5-7-12)20(2)14(21)10-22-16-17-15(18-19-16)13-8-9-13/h3-7,11,13H,8-10H2,1-2H3,(H,17,18,19). The molecular weight excluding hydrogens is 296 g/mol. The molecule has 1 aliphatic rings. The zero-order valence-corrected chi connectivity index (χ0v) is 13.6. The lowest BCUT2D eigenvalue weighted by Gasteiger charge is -2.25. The molecule has 0 aliphatic heterocycles. The molecule has 1 N–H and O–H groups in total. The molecule has 1 amide bonds. The van der Waals surface area contributed by atoms with E-state index >= 15 is 0 Å². The fourth-order valence-electron chi connectivity index (χ4n) is 2.26. The van der Waals surface area contributed by atoms with Crippen LogP contribution in [-0.4, -0.2) is 38.8 Å². The molecule has 1 heterocycles. The number of carbonyl (C=O) groups is 1. The summed E-state index contributed by atoms with van der Waals surface area (Å²) in [5.74, 6) is 1.95. The number of H-pyrrole nitrogens is 1. The molecular formula is C16H20N4OS. The summed E-state index contributed by atoms with van der Waals surface area (Å²) in [4.78, 5) is 18.5. The second-order valence-electron chi connectivity index (χ2n) is 5.66. The number of thioether (sulfide) groups is 1. The van der Waals surface area contributed by atoms with Gasteiger partial charge < -0.3 is 4.90 Å². The van der Waals surface area contributed by atoms with Crippen molar-refractivity contribution in [2.75, 3.05) is 12.8 Å². The Morgan fingerprint density at radius 3 is 2.82 bits per heavy atom. The summed E-state index contributed by atoms with van der Waals surface area (Å²) >= 11 is 1.39. The molecule has 1 unspecified atom stereocenters. The van der Waals surface area contributed by atoms with Gasteiger partial charge in [0.25, 0.3) is 0 Å². The SMILES string of the molecule is CC(c1ccccc1)N(C)C(=O)CSc1n[nH]c(C2CC2)n1. The Morgan fingerprint density at radius 2 is 2.14 bits per heavy atom. The van der Waals surface area contributed by atoms with Gasteiger partial charge in [-0.2, -0.15) is 0 Å². The van der Waals surface area contributed by atoms with Crippen LogP contribution < -0.4 is 0 Å². The molecule has 1 atom stereocenters. The van der Waals surface area contributed by atoms with Crippen molar-refractivity contribution in [3.05, 3.63) is 41.7 Å². The first-order valence-corrected chi connectivity index (χ1v) is 8.49. The van der Waals surface area contributed by atoms with Crippen LogP contribution in [0.2, 0.25) is 0 Å². The number of carbonyl (C=O) groups excluding carboxylic acids is 1. The molecule has 0 radical (unpaired) electrons. The summed E-state index contributed by atoms with van der Waals surface area (Å²) < 4.78 is 0. The number of aromatic nitrogens is 3. The first kappa shape index (κ1) is 15.1. The molecule has 5 nitrogen and oxygen atoms in total. The van der Waals surface area contributed by atoms with Gasteiger partial charge >= 0.3 is 0 Å². The van der Waals surface area contributed by atoms with Gasteiger partial charge in [0.05, 0.1) is 11.8 Å². The van der Waals surface area contributed by atoms with Crippen molar-refractivity contribution >= 4 is 17.7 Å². The molecule has 1 saturated carbocycles. The summed E-state index contributed by atoms with van der Waals surface area (Å²) in [6.45, 7) is 2.04. The highest BCUT2D eigenvalue weighted by atomic mass is 32.2. The third-order valence-electron chi connectivity index (χ3n) is 4.03. The monoisotopic (exact) mass is 316 g/mol. The summed E-state index contributed by atoms with van der Waals surface area (Å²) in [6, 6.07) is 10.1. The third-order valence-corrected chi connectivity index (χ3v) is 4.86. The van der Waals surface area contributed by atoms with Crippen LogP contribution in [-0.2, 0) is 4.79 Å². The van der Waals surface area contributed by atoms with E-state index in [2.05, 4.69) is 15.2 Å². The van der Waals surface area contributed by atoms with Gasteiger partial charge in [-0.25, -0.2) is 4.98 Å². The van der Waals surface area contributed by atoms with E-state index in [0.717, 1.165) is 11.4 Å². The lowest BCUT2D eigenvalue weighted by molar-refractivity contribution is -0.128.